The lowest BCUT2D eigenvalue weighted by atomic mass is 10.1. The van der Waals surface area contributed by atoms with E-state index in [9.17, 15) is 0 Å². The van der Waals surface area contributed by atoms with Crippen molar-refractivity contribution < 1.29 is 0 Å². The minimum absolute atomic E-state index is 0.285. The second-order valence-electron chi connectivity index (χ2n) is 6.82. The summed E-state index contributed by atoms with van der Waals surface area (Å²) in [6.45, 7) is 4.99. The van der Waals surface area contributed by atoms with Gasteiger partial charge in [0.25, 0.3) is 0 Å². The van der Waals surface area contributed by atoms with Gasteiger partial charge in [-0.25, -0.2) is 4.98 Å². The van der Waals surface area contributed by atoms with E-state index in [0.717, 1.165) is 66.9 Å². The fraction of sp³-hybridized carbons (Fsp3) is 0.421. The summed E-state index contributed by atoms with van der Waals surface area (Å²) in [6.07, 6.45) is 10.9. The first-order chi connectivity index (χ1) is 12.2. The van der Waals surface area contributed by atoms with E-state index in [4.69, 9.17) is 5.73 Å². The quantitative estimate of drug-likeness (QED) is 0.765. The lowest BCUT2D eigenvalue weighted by Crippen LogP contribution is -2.42. The van der Waals surface area contributed by atoms with Gasteiger partial charge in [0, 0.05) is 42.5 Å². The zero-order valence-corrected chi connectivity index (χ0v) is 14.6. The third kappa shape index (κ3) is 3.41. The van der Waals surface area contributed by atoms with Crippen LogP contribution in [0.2, 0.25) is 0 Å². The highest BCUT2D eigenvalue weighted by Gasteiger charge is 2.17. The van der Waals surface area contributed by atoms with Crippen LogP contribution < -0.4 is 5.73 Å². The van der Waals surface area contributed by atoms with Crippen LogP contribution in [-0.4, -0.2) is 44.0 Å². The predicted molar refractivity (Wildman–Crippen MR) is 99.0 cm³/mol. The number of nitrogens with two attached hydrogens (primary N) is 1. The molecule has 25 heavy (non-hydrogen) atoms. The number of nitrogens with zero attached hydrogens (tertiary/aromatic N) is 4. The molecule has 1 atom stereocenters. The SMILES string of the molecule is CCc1c[nH]c2ncc(-c3cnc(CN4CCCC(N)C4)cn3)cc12. The summed E-state index contributed by atoms with van der Waals surface area (Å²) in [5, 5.41) is 1.16. The van der Waals surface area contributed by atoms with Gasteiger partial charge in [-0.05, 0) is 37.4 Å². The molecule has 3 aromatic rings. The standard InChI is InChI=1S/C19H24N6/c1-2-13-7-23-19-17(13)6-14(8-24-19)18-10-21-16(9-22-18)12-25-5-3-4-15(20)11-25/h6-10,15H,2-5,11-12,20H2,1H3,(H,23,24). The Hall–Kier alpha value is -2.31. The van der Waals surface area contributed by atoms with E-state index in [2.05, 4.69) is 37.8 Å². The number of aromatic nitrogens is 4. The fourth-order valence-corrected chi connectivity index (χ4v) is 3.54. The lowest BCUT2D eigenvalue weighted by Gasteiger charge is -2.30. The number of piperidine rings is 1. The number of rotatable bonds is 4. The van der Waals surface area contributed by atoms with E-state index in [0.29, 0.717) is 0 Å². The number of aromatic amines is 1. The van der Waals surface area contributed by atoms with Crippen molar-refractivity contribution in [3.05, 3.63) is 42.1 Å². The molecule has 1 fully saturated rings. The summed E-state index contributed by atoms with van der Waals surface area (Å²) >= 11 is 0. The molecule has 3 aromatic heterocycles. The highest BCUT2D eigenvalue weighted by Crippen LogP contribution is 2.23. The first kappa shape index (κ1) is 16.2. The van der Waals surface area contributed by atoms with Crippen LogP contribution in [0.25, 0.3) is 22.3 Å². The Labute approximate surface area is 147 Å². The first-order valence-corrected chi connectivity index (χ1v) is 8.98. The topological polar surface area (TPSA) is 83.7 Å². The molecule has 1 unspecified atom stereocenters. The Balaban J connectivity index is 1.53. The third-order valence-electron chi connectivity index (χ3n) is 4.93. The summed E-state index contributed by atoms with van der Waals surface area (Å²) in [6, 6.07) is 2.43. The van der Waals surface area contributed by atoms with Crippen molar-refractivity contribution in [3.8, 4) is 11.3 Å². The monoisotopic (exact) mass is 336 g/mol. The molecule has 0 aliphatic carbocycles. The van der Waals surface area contributed by atoms with Crippen LogP contribution in [0.3, 0.4) is 0 Å². The fourth-order valence-electron chi connectivity index (χ4n) is 3.54. The Morgan fingerprint density at radius 1 is 1.24 bits per heavy atom. The number of hydrogen-bond acceptors (Lipinski definition) is 5. The maximum atomic E-state index is 6.05. The van der Waals surface area contributed by atoms with Gasteiger partial charge >= 0.3 is 0 Å². The Morgan fingerprint density at radius 2 is 2.16 bits per heavy atom. The number of fused-ring (bicyclic) bond motifs is 1. The highest BCUT2D eigenvalue weighted by atomic mass is 15.1. The van der Waals surface area contributed by atoms with Gasteiger partial charge in [0.2, 0.25) is 0 Å². The molecular weight excluding hydrogens is 312 g/mol. The van der Waals surface area contributed by atoms with Gasteiger partial charge in [0.1, 0.15) is 5.65 Å². The van der Waals surface area contributed by atoms with Crippen molar-refractivity contribution in [2.45, 2.75) is 38.8 Å². The van der Waals surface area contributed by atoms with Crippen LogP contribution in [0.5, 0.6) is 0 Å². The zero-order chi connectivity index (χ0) is 17.2. The number of nitrogens with one attached hydrogen (secondary N) is 1. The van der Waals surface area contributed by atoms with Crippen molar-refractivity contribution >= 4 is 11.0 Å². The molecule has 0 saturated carbocycles. The normalized spacial score (nSPS) is 18.7. The largest absolute Gasteiger partial charge is 0.346 e. The predicted octanol–water partition coefficient (Wildman–Crippen LogP) is 2.51. The van der Waals surface area contributed by atoms with Crippen molar-refractivity contribution in [1.82, 2.24) is 24.8 Å². The molecule has 4 rings (SSSR count). The molecule has 0 aromatic carbocycles. The van der Waals surface area contributed by atoms with Gasteiger partial charge in [-0.2, -0.15) is 0 Å². The Kier molecular flexibility index (Phi) is 4.46. The number of H-pyrrole nitrogens is 1. The van der Waals surface area contributed by atoms with Crippen LogP contribution >= 0.6 is 0 Å². The molecule has 0 radical (unpaired) electrons. The molecule has 6 nitrogen and oxygen atoms in total. The second-order valence-corrected chi connectivity index (χ2v) is 6.82. The molecule has 4 heterocycles. The molecule has 1 aliphatic rings. The lowest BCUT2D eigenvalue weighted by molar-refractivity contribution is 0.199. The maximum absolute atomic E-state index is 6.05. The molecule has 0 amide bonds. The molecule has 0 bridgehead atoms. The summed E-state index contributed by atoms with van der Waals surface area (Å²) in [5.74, 6) is 0. The summed E-state index contributed by atoms with van der Waals surface area (Å²) in [5.41, 5.74) is 11.1. The van der Waals surface area contributed by atoms with Crippen LogP contribution in [0.4, 0.5) is 0 Å². The van der Waals surface area contributed by atoms with Gasteiger partial charge in [0.15, 0.2) is 0 Å². The minimum Gasteiger partial charge on any atom is -0.346 e. The molecule has 1 saturated heterocycles. The number of hydrogen-bond donors (Lipinski definition) is 2. The van der Waals surface area contributed by atoms with Crippen molar-refractivity contribution in [2.24, 2.45) is 5.73 Å². The molecular formula is C19H24N6. The van der Waals surface area contributed by atoms with Gasteiger partial charge in [-0.15, -0.1) is 0 Å². The Morgan fingerprint density at radius 3 is 2.92 bits per heavy atom. The molecule has 0 spiro atoms. The zero-order valence-electron chi connectivity index (χ0n) is 14.6. The molecule has 130 valence electrons. The number of pyridine rings is 1. The maximum Gasteiger partial charge on any atom is 0.137 e. The molecule has 1 aliphatic heterocycles. The Bertz CT molecular complexity index is 854. The van der Waals surface area contributed by atoms with Gasteiger partial charge in [0.05, 0.1) is 23.8 Å². The van der Waals surface area contributed by atoms with Crippen LogP contribution in [0, 0.1) is 0 Å². The smallest absolute Gasteiger partial charge is 0.137 e. The summed E-state index contributed by atoms with van der Waals surface area (Å²) in [4.78, 5) is 19.3. The minimum atomic E-state index is 0.285. The average molecular weight is 336 g/mol. The average Bonchev–Trinajstić information content (AvgIpc) is 3.05. The van der Waals surface area contributed by atoms with Crippen LogP contribution in [0.15, 0.2) is 30.9 Å². The van der Waals surface area contributed by atoms with Crippen molar-refractivity contribution in [1.29, 1.82) is 0 Å². The highest BCUT2D eigenvalue weighted by molar-refractivity contribution is 5.83. The number of aryl methyl sites for hydroxylation is 1. The van der Waals surface area contributed by atoms with E-state index in [-0.39, 0.29) is 6.04 Å². The van der Waals surface area contributed by atoms with Crippen LogP contribution in [-0.2, 0) is 13.0 Å². The van der Waals surface area contributed by atoms with E-state index >= 15 is 0 Å². The second kappa shape index (κ2) is 6.90. The third-order valence-corrected chi connectivity index (χ3v) is 4.93. The van der Waals surface area contributed by atoms with E-state index in [1.165, 1.54) is 5.56 Å². The van der Waals surface area contributed by atoms with Gasteiger partial charge in [-0.3, -0.25) is 14.9 Å². The molecule has 6 heteroatoms. The van der Waals surface area contributed by atoms with Gasteiger partial charge in [-0.1, -0.05) is 6.92 Å². The number of likely N-dealkylation sites (tertiary alicyclic amines) is 1. The van der Waals surface area contributed by atoms with E-state index < -0.39 is 0 Å². The van der Waals surface area contributed by atoms with Gasteiger partial charge < -0.3 is 10.7 Å². The summed E-state index contributed by atoms with van der Waals surface area (Å²) in [7, 11) is 0. The molecule has 3 N–H and O–H groups in total. The van der Waals surface area contributed by atoms with E-state index in [1.54, 1.807) is 0 Å². The van der Waals surface area contributed by atoms with Crippen molar-refractivity contribution in [2.75, 3.05) is 13.1 Å². The van der Waals surface area contributed by atoms with Crippen LogP contribution in [0.1, 0.15) is 31.0 Å². The summed E-state index contributed by atoms with van der Waals surface area (Å²) < 4.78 is 0. The van der Waals surface area contributed by atoms with E-state index in [1.807, 2.05) is 24.8 Å². The van der Waals surface area contributed by atoms with Crippen molar-refractivity contribution in [3.63, 3.8) is 0 Å². The first-order valence-electron chi connectivity index (χ1n) is 8.98.